The fourth-order valence-corrected chi connectivity index (χ4v) is 3.65. The van der Waals surface area contributed by atoms with Crippen LogP contribution in [0, 0.1) is 0 Å². The minimum atomic E-state index is -4.48. The van der Waals surface area contributed by atoms with E-state index in [9.17, 15) is 13.2 Å². The Bertz CT molecular complexity index is 1060. The molecule has 0 saturated heterocycles. The van der Waals surface area contributed by atoms with E-state index in [1.165, 1.54) is 11.6 Å². The molecule has 1 saturated carbocycles. The highest BCUT2D eigenvalue weighted by Gasteiger charge is 2.37. The standard InChI is InChI=1S/C20H20ClF3N6/c1-30-11-15(20(22,23)24)28-17(30)13-5-3-12(4-6-13)9-26-16-14(10-27-18(21)29-16)19(25)7-2-8-19/h3-6,10-11H,2,7-9,25H2,1H3,(H,26,27,29). The van der Waals surface area contributed by atoms with Crippen LogP contribution in [0.2, 0.25) is 5.28 Å². The molecule has 3 aromatic rings. The number of hydrogen-bond acceptors (Lipinski definition) is 5. The summed E-state index contributed by atoms with van der Waals surface area (Å²) in [6.45, 7) is 0.449. The van der Waals surface area contributed by atoms with E-state index >= 15 is 0 Å². The van der Waals surface area contributed by atoms with Gasteiger partial charge in [0.05, 0.1) is 0 Å². The molecule has 0 radical (unpaired) electrons. The number of imidazole rings is 1. The Balaban J connectivity index is 1.51. The van der Waals surface area contributed by atoms with Gasteiger partial charge in [-0.15, -0.1) is 0 Å². The fourth-order valence-electron chi connectivity index (χ4n) is 3.52. The molecule has 10 heteroatoms. The molecular weight excluding hydrogens is 417 g/mol. The minimum absolute atomic E-state index is 0.134. The predicted molar refractivity (Wildman–Crippen MR) is 108 cm³/mol. The quantitative estimate of drug-likeness (QED) is 0.575. The molecule has 0 unspecified atom stereocenters. The van der Waals surface area contributed by atoms with E-state index in [1.807, 2.05) is 12.1 Å². The van der Waals surface area contributed by atoms with Gasteiger partial charge in [0.2, 0.25) is 5.28 Å². The number of alkyl halides is 3. The van der Waals surface area contributed by atoms with Crippen molar-refractivity contribution in [1.82, 2.24) is 19.5 Å². The monoisotopic (exact) mass is 436 g/mol. The molecule has 30 heavy (non-hydrogen) atoms. The van der Waals surface area contributed by atoms with Crippen molar-refractivity contribution in [1.29, 1.82) is 0 Å². The third-order valence-corrected chi connectivity index (χ3v) is 5.56. The van der Waals surface area contributed by atoms with Gasteiger partial charge in [-0.3, -0.25) is 0 Å². The molecule has 6 nitrogen and oxygen atoms in total. The third kappa shape index (κ3) is 3.99. The second-order valence-corrected chi connectivity index (χ2v) is 7.86. The molecule has 2 aromatic heterocycles. The summed E-state index contributed by atoms with van der Waals surface area (Å²) in [5, 5.41) is 3.39. The molecule has 0 spiro atoms. The van der Waals surface area contributed by atoms with Crippen molar-refractivity contribution in [3.8, 4) is 11.4 Å². The maximum Gasteiger partial charge on any atom is 0.434 e. The summed E-state index contributed by atoms with van der Waals surface area (Å²) in [5.74, 6) is 0.849. The molecule has 1 aliphatic carbocycles. The van der Waals surface area contributed by atoms with Gasteiger partial charge in [-0.2, -0.15) is 13.2 Å². The van der Waals surface area contributed by atoms with Crippen LogP contribution < -0.4 is 11.1 Å². The normalized spacial score (nSPS) is 15.7. The number of halogens is 4. The zero-order valence-electron chi connectivity index (χ0n) is 16.2. The molecule has 4 rings (SSSR count). The molecule has 3 N–H and O–H groups in total. The molecule has 1 aromatic carbocycles. The largest absolute Gasteiger partial charge is 0.434 e. The summed E-state index contributed by atoms with van der Waals surface area (Å²) in [7, 11) is 1.54. The third-order valence-electron chi connectivity index (χ3n) is 5.38. The van der Waals surface area contributed by atoms with E-state index < -0.39 is 17.4 Å². The van der Waals surface area contributed by atoms with Crippen LogP contribution in [0.25, 0.3) is 11.4 Å². The van der Waals surface area contributed by atoms with Crippen molar-refractivity contribution < 1.29 is 13.2 Å². The number of benzene rings is 1. The van der Waals surface area contributed by atoms with E-state index in [0.717, 1.165) is 36.6 Å². The van der Waals surface area contributed by atoms with E-state index in [-0.39, 0.29) is 11.1 Å². The zero-order chi connectivity index (χ0) is 21.5. The van der Waals surface area contributed by atoms with E-state index in [2.05, 4.69) is 20.3 Å². The van der Waals surface area contributed by atoms with Crippen LogP contribution in [0.5, 0.6) is 0 Å². The summed E-state index contributed by atoms with van der Waals surface area (Å²) in [4.78, 5) is 12.1. The summed E-state index contributed by atoms with van der Waals surface area (Å²) >= 11 is 5.95. The van der Waals surface area contributed by atoms with Crippen molar-refractivity contribution in [2.24, 2.45) is 12.8 Å². The van der Waals surface area contributed by atoms with Gasteiger partial charge in [-0.05, 0) is 36.4 Å². The van der Waals surface area contributed by atoms with Crippen LogP contribution in [0.1, 0.15) is 36.1 Å². The van der Waals surface area contributed by atoms with Crippen LogP contribution in [0.3, 0.4) is 0 Å². The van der Waals surface area contributed by atoms with Crippen molar-refractivity contribution in [3.05, 3.63) is 58.8 Å². The second-order valence-electron chi connectivity index (χ2n) is 7.52. The van der Waals surface area contributed by atoms with Crippen LogP contribution in [-0.2, 0) is 25.3 Å². The lowest BCUT2D eigenvalue weighted by Crippen LogP contribution is -2.44. The highest BCUT2D eigenvalue weighted by atomic mass is 35.5. The molecule has 0 bridgehead atoms. The molecule has 1 aliphatic rings. The molecule has 158 valence electrons. The smallest absolute Gasteiger partial charge is 0.366 e. The maximum absolute atomic E-state index is 12.9. The first-order valence-corrected chi connectivity index (χ1v) is 9.79. The van der Waals surface area contributed by atoms with E-state index in [0.29, 0.717) is 17.9 Å². The Morgan fingerprint density at radius 3 is 2.47 bits per heavy atom. The van der Waals surface area contributed by atoms with Crippen LogP contribution in [0.15, 0.2) is 36.7 Å². The van der Waals surface area contributed by atoms with E-state index in [1.54, 1.807) is 18.3 Å². The van der Waals surface area contributed by atoms with Crippen molar-refractivity contribution in [2.75, 3.05) is 5.32 Å². The number of nitrogens with zero attached hydrogens (tertiary/aromatic N) is 4. The average Bonchev–Trinajstić information content (AvgIpc) is 3.07. The maximum atomic E-state index is 12.9. The number of aryl methyl sites for hydroxylation is 1. The molecule has 0 atom stereocenters. The molecule has 1 fully saturated rings. The first-order valence-electron chi connectivity index (χ1n) is 9.41. The number of nitrogens with one attached hydrogen (secondary N) is 1. The lowest BCUT2D eigenvalue weighted by atomic mass is 9.73. The van der Waals surface area contributed by atoms with Gasteiger partial charge < -0.3 is 15.6 Å². The first kappa shape index (κ1) is 20.6. The average molecular weight is 437 g/mol. The number of aromatic nitrogens is 4. The Labute approximate surface area is 176 Å². The van der Waals surface area contributed by atoms with Crippen LogP contribution in [0.4, 0.5) is 19.0 Å². The highest BCUT2D eigenvalue weighted by Crippen LogP contribution is 2.41. The molecule has 0 aliphatic heterocycles. The van der Waals surface area contributed by atoms with Crippen LogP contribution >= 0.6 is 11.6 Å². The van der Waals surface area contributed by atoms with Gasteiger partial charge in [-0.25, -0.2) is 15.0 Å². The van der Waals surface area contributed by atoms with E-state index in [4.69, 9.17) is 17.3 Å². The van der Waals surface area contributed by atoms with Crippen LogP contribution in [-0.4, -0.2) is 19.5 Å². The summed E-state index contributed by atoms with van der Waals surface area (Å²) < 4.78 is 40.0. The van der Waals surface area contributed by atoms with Gasteiger partial charge in [0.25, 0.3) is 0 Å². The lowest BCUT2D eigenvalue weighted by Gasteiger charge is -2.39. The molecule has 0 amide bonds. The SMILES string of the molecule is Cn1cc(C(F)(F)F)nc1-c1ccc(CNc2nc(Cl)ncc2C2(N)CCC2)cc1. The fraction of sp³-hybridized carbons (Fsp3) is 0.350. The molecular formula is C20H20ClF3N6. The molecule has 2 heterocycles. The zero-order valence-corrected chi connectivity index (χ0v) is 16.9. The second kappa shape index (κ2) is 7.55. The Morgan fingerprint density at radius 2 is 1.90 bits per heavy atom. The topological polar surface area (TPSA) is 81.7 Å². The summed E-state index contributed by atoms with van der Waals surface area (Å²) in [5.41, 5.74) is 7.42. The highest BCUT2D eigenvalue weighted by molar-refractivity contribution is 6.28. The summed E-state index contributed by atoms with van der Waals surface area (Å²) in [6, 6.07) is 7.13. The van der Waals surface area contributed by atoms with Crippen molar-refractivity contribution >= 4 is 17.4 Å². The first-order chi connectivity index (χ1) is 14.2. The Hall–Kier alpha value is -2.65. The number of rotatable bonds is 5. The minimum Gasteiger partial charge on any atom is -0.366 e. The number of hydrogen-bond donors (Lipinski definition) is 2. The Morgan fingerprint density at radius 1 is 1.20 bits per heavy atom. The predicted octanol–water partition coefficient (Wildman–Crippen LogP) is 4.50. The van der Waals surface area contributed by atoms with Gasteiger partial charge >= 0.3 is 6.18 Å². The van der Waals surface area contributed by atoms with Gasteiger partial charge in [0.15, 0.2) is 5.69 Å². The Kier molecular flexibility index (Phi) is 5.19. The summed E-state index contributed by atoms with van der Waals surface area (Å²) in [6.07, 6.45) is 0.962. The lowest BCUT2D eigenvalue weighted by molar-refractivity contribution is -0.140. The van der Waals surface area contributed by atoms with Gasteiger partial charge in [0, 0.05) is 42.7 Å². The van der Waals surface area contributed by atoms with Crippen molar-refractivity contribution in [3.63, 3.8) is 0 Å². The number of nitrogens with two attached hydrogens (primary N) is 1. The number of anilines is 1. The van der Waals surface area contributed by atoms with Gasteiger partial charge in [0.1, 0.15) is 11.6 Å². The van der Waals surface area contributed by atoms with Crippen molar-refractivity contribution in [2.45, 2.75) is 37.5 Å². The van der Waals surface area contributed by atoms with Gasteiger partial charge in [-0.1, -0.05) is 24.3 Å².